The van der Waals surface area contributed by atoms with E-state index in [9.17, 15) is 10.0 Å². The van der Waals surface area contributed by atoms with Gasteiger partial charge >= 0.3 is 0 Å². The maximum Gasteiger partial charge on any atom is 0.253 e. The molecule has 2 fully saturated rings. The Morgan fingerprint density at radius 1 is 0.800 bits per heavy atom. The van der Waals surface area contributed by atoms with Crippen LogP contribution in [0.2, 0.25) is 10.3 Å². The fourth-order valence-corrected chi connectivity index (χ4v) is 7.84. The molecule has 0 spiro atoms. The van der Waals surface area contributed by atoms with Crippen molar-refractivity contribution in [1.82, 2.24) is 25.3 Å². The number of hydrogen-bond donors (Lipinski definition) is 4. The highest BCUT2D eigenvalue weighted by Gasteiger charge is 2.53. The number of pyridine rings is 2. The van der Waals surface area contributed by atoms with E-state index in [1.165, 1.54) is 27.9 Å². The molecule has 0 bridgehead atoms. The van der Waals surface area contributed by atoms with E-state index in [-0.39, 0.29) is 5.91 Å². The Morgan fingerprint density at radius 3 is 2.02 bits per heavy atom. The minimum absolute atomic E-state index is 0.0832. The van der Waals surface area contributed by atoms with Crippen molar-refractivity contribution in [3.63, 3.8) is 0 Å². The smallest absolute Gasteiger partial charge is 0.253 e. The number of rotatable bonds is 0. The van der Waals surface area contributed by atoms with Gasteiger partial charge in [-0.05, 0) is 72.9 Å². The molecule has 5 heterocycles. The molecule has 4 N–H and O–H groups in total. The Bertz CT molecular complexity index is 1840. The number of nitrogens with zero attached hydrogens (tertiary/aromatic N) is 3. The van der Waals surface area contributed by atoms with Crippen LogP contribution in [0.25, 0.3) is 22.5 Å². The molecule has 4 unspecified atom stereocenters. The molecule has 4 atom stereocenters. The maximum atomic E-state index is 12.3. The molecule has 1 amide bonds. The summed E-state index contributed by atoms with van der Waals surface area (Å²) in [5.74, 6) is 1.53. The topological polar surface area (TPSA) is 119 Å². The zero-order valence-electron chi connectivity index (χ0n) is 21.3. The molecule has 4 aromatic rings. The quantitative estimate of drug-likeness (QED) is 0.126. The van der Waals surface area contributed by atoms with E-state index in [0.717, 1.165) is 83.6 Å². The van der Waals surface area contributed by atoms with E-state index in [2.05, 4.69) is 30.4 Å². The van der Waals surface area contributed by atoms with Gasteiger partial charge in [-0.15, -0.1) is 0 Å². The summed E-state index contributed by atoms with van der Waals surface area (Å²) >= 11 is 12.1. The molecule has 1 aliphatic heterocycles. The highest BCUT2D eigenvalue weighted by molar-refractivity contribution is 6.30. The summed E-state index contributed by atoms with van der Waals surface area (Å²) in [6.45, 7) is 0. The third-order valence-corrected chi connectivity index (χ3v) is 9.99. The van der Waals surface area contributed by atoms with Gasteiger partial charge in [0.15, 0.2) is 0 Å². The van der Waals surface area contributed by atoms with Crippen molar-refractivity contribution in [3.8, 4) is 22.5 Å². The lowest BCUT2D eigenvalue weighted by atomic mass is 9.88. The normalized spacial score (nSPS) is 26.1. The summed E-state index contributed by atoms with van der Waals surface area (Å²) in [5.41, 5.74) is 14.7. The molecular formula is C30H24Cl2N6O2. The molecule has 6 aliphatic rings. The van der Waals surface area contributed by atoms with Crippen LogP contribution in [0.3, 0.4) is 0 Å². The summed E-state index contributed by atoms with van der Waals surface area (Å²) < 4.78 is 0. The molecule has 0 radical (unpaired) electrons. The Morgan fingerprint density at radius 2 is 1.40 bits per heavy atom. The van der Waals surface area contributed by atoms with Gasteiger partial charge in [-0.2, -0.15) is 0 Å². The zero-order valence-corrected chi connectivity index (χ0v) is 22.8. The Balaban J connectivity index is 0.000000115. The highest BCUT2D eigenvalue weighted by Crippen LogP contribution is 2.58. The molecule has 0 saturated heterocycles. The summed E-state index contributed by atoms with van der Waals surface area (Å²) in [4.78, 5) is 27.7. The van der Waals surface area contributed by atoms with Gasteiger partial charge in [0.1, 0.15) is 10.3 Å². The number of aromatic nitrogens is 4. The van der Waals surface area contributed by atoms with E-state index in [4.69, 9.17) is 23.2 Å². The number of amides is 1. The molecule has 200 valence electrons. The average molecular weight is 571 g/mol. The van der Waals surface area contributed by atoms with Crippen molar-refractivity contribution >= 4 is 34.8 Å². The van der Waals surface area contributed by atoms with Crippen LogP contribution in [0.15, 0.2) is 29.7 Å². The highest BCUT2D eigenvalue weighted by atomic mass is 35.5. The van der Waals surface area contributed by atoms with Gasteiger partial charge in [0.05, 0.1) is 17.0 Å². The predicted octanol–water partition coefficient (Wildman–Crippen LogP) is 5.55. The molecule has 8 nitrogen and oxygen atoms in total. The third kappa shape index (κ3) is 3.14. The van der Waals surface area contributed by atoms with Crippen LogP contribution in [0.5, 0.6) is 0 Å². The van der Waals surface area contributed by atoms with Crippen molar-refractivity contribution in [2.75, 3.05) is 0 Å². The monoisotopic (exact) mass is 570 g/mol. The zero-order chi connectivity index (χ0) is 26.9. The number of halogens is 2. The number of aryl methyl sites for hydroxylation is 2. The van der Waals surface area contributed by atoms with Gasteiger partial charge in [-0.3, -0.25) is 4.79 Å². The van der Waals surface area contributed by atoms with Crippen molar-refractivity contribution in [3.05, 3.63) is 79.6 Å². The van der Waals surface area contributed by atoms with Crippen molar-refractivity contribution in [1.29, 1.82) is 0 Å². The Hall–Kier alpha value is -3.62. The van der Waals surface area contributed by atoms with Crippen LogP contribution in [-0.2, 0) is 25.7 Å². The van der Waals surface area contributed by atoms with Gasteiger partial charge in [-0.25, -0.2) is 9.97 Å². The van der Waals surface area contributed by atoms with Crippen molar-refractivity contribution in [2.24, 2.45) is 11.1 Å². The third-order valence-electron chi connectivity index (χ3n) is 9.58. The largest absolute Gasteiger partial charge is 0.411 e. The first kappa shape index (κ1) is 23.1. The van der Waals surface area contributed by atoms with Gasteiger partial charge in [0.25, 0.3) is 5.91 Å². The fraction of sp³-hybridized carbons (Fsp3) is 0.333. The van der Waals surface area contributed by atoms with Gasteiger partial charge in [0, 0.05) is 70.0 Å². The van der Waals surface area contributed by atoms with Crippen molar-refractivity contribution < 1.29 is 10.0 Å². The molecule has 10 heteroatoms. The molecular weight excluding hydrogens is 547 g/mol. The number of nitrogens with one attached hydrogen (secondary N) is 3. The molecule has 2 saturated carbocycles. The number of fused-ring (bicyclic) bond motifs is 14. The van der Waals surface area contributed by atoms with Crippen LogP contribution in [0, 0.1) is 5.92 Å². The van der Waals surface area contributed by atoms with E-state index in [1.807, 2.05) is 24.5 Å². The van der Waals surface area contributed by atoms with Gasteiger partial charge < -0.3 is 20.5 Å². The first-order valence-electron chi connectivity index (χ1n) is 13.8. The van der Waals surface area contributed by atoms with Gasteiger partial charge in [0.2, 0.25) is 0 Å². The molecule has 0 aromatic carbocycles. The maximum absolute atomic E-state index is 12.3. The summed E-state index contributed by atoms with van der Waals surface area (Å²) in [7, 11) is 0. The van der Waals surface area contributed by atoms with E-state index >= 15 is 0 Å². The molecule has 5 aliphatic carbocycles. The Kier molecular flexibility index (Phi) is 4.61. The number of H-pyrrole nitrogens is 2. The number of hydrogen-bond acceptors (Lipinski definition) is 5. The second kappa shape index (κ2) is 7.98. The standard InChI is InChI=1S/2C15H12ClN3O/c16-11-4-8-6(5-17-11)1-2-7-12-14(19-13(7)8)9-3-10(9)18-15(12)20;16-11-4-8-6(5-17-11)1-2-7-12-14(18-13(7)8)9-3-10(9)15(12)19-20/h4-5,9-10,19H,1-3H2,(H,18,20);4-5,9-10,18,20H,1-3H2. The second-order valence-electron chi connectivity index (χ2n) is 11.7. The number of oxime groups is 1. The minimum atomic E-state index is 0.0832. The molecule has 40 heavy (non-hydrogen) atoms. The molecule has 10 rings (SSSR count). The average Bonchev–Trinajstić information content (AvgIpc) is 3.80. The number of aromatic amines is 2. The van der Waals surface area contributed by atoms with Crippen LogP contribution in [0.1, 0.15) is 74.2 Å². The van der Waals surface area contributed by atoms with Crippen LogP contribution in [0.4, 0.5) is 0 Å². The predicted molar refractivity (Wildman–Crippen MR) is 151 cm³/mol. The number of carbonyl (C=O) groups is 1. The SMILES string of the molecule is O=C1NC2CC2c2[nH]c3c(c21)CCc1cnc(Cl)cc1-3.ON=C1c2c([nH]c3c2CCc2cnc(Cl)cc2-3)C2CC12. The lowest BCUT2D eigenvalue weighted by Gasteiger charge is -2.17. The van der Waals surface area contributed by atoms with E-state index in [1.54, 1.807) is 0 Å². The Labute approximate surface area is 239 Å². The number of carbonyl (C=O) groups excluding carboxylic acids is 1. The summed E-state index contributed by atoms with van der Waals surface area (Å²) in [6, 6.07) is 4.18. The first-order chi connectivity index (χ1) is 19.5. The lowest BCUT2D eigenvalue weighted by Crippen LogP contribution is -2.31. The van der Waals surface area contributed by atoms with E-state index in [0.29, 0.717) is 34.1 Å². The minimum Gasteiger partial charge on any atom is -0.411 e. The summed E-state index contributed by atoms with van der Waals surface area (Å²) in [6.07, 6.45) is 9.62. The first-order valence-corrected chi connectivity index (χ1v) is 14.6. The van der Waals surface area contributed by atoms with Crippen LogP contribution in [-0.4, -0.2) is 42.8 Å². The van der Waals surface area contributed by atoms with Crippen LogP contribution < -0.4 is 5.32 Å². The van der Waals surface area contributed by atoms with Crippen LogP contribution >= 0.6 is 23.2 Å². The lowest BCUT2D eigenvalue weighted by molar-refractivity contribution is 0.0943. The fourth-order valence-electron chi connectivity index (χ4n) is 7.53. The van der Waals surface area contributed by atoms with Crippen molar-refractivity contribution in [2.45, 2.75) is 56.4 Å². The van der Waals surface area contributed by atoms with E-state index < -0.39 is 0 Å². The second-order valence-corrected chi connectivity index (χ2v) is 12.5. The summed E-state index contributed by atoms with van der Waals surface area (Å²) in [5, 5.41) is 17.0. The molecule has 4 aromatic heterocycles. The van der Waals surface area contributed by atoms with Gasteiger partial charge in [-0.1, -0.05) is 28.4 Å².